The molecular formula is C14H18N2. The van der Waals surface area contributed by atoms with Crippen LogP contribution in [-0.4, -0.2) is 9.97 Å². The molecule has 84 valence electrons. The summed E-state index contributed by atoms with van der Waals surface area (Å²) in [4.78, 5) is 8.17. The highest BCUT2D eigenvalue weighted by Gasteiger charge is 2.21. The zero-order valence-corrected chi connectivity index (χ0v) is 9.74. The predicted octanol–water partition coefficient (Wildman–Crippen LogP) is 3.86. The van der Waals surface area contributed by atoms with Gasteiger partial charge in [-0.2, -0.15) is 0 Å². The fourth-order valence-corrected chi connectivity index (χ4v) is 2.70. The number of rotatable bonds is 1. The van der Waals surface area contributed by atoms with E-state index in [1.807, 2.05) is 0 Å². The van der Waals surface area contributed by atoms with Gasteiger partial charge in [0.25, 0.3) is 0 Å². The molecule has 0 saturated heterocycles. The van der Waals surface area contributed by atoms with Crippen molar-refractivity contribution in [2.45, 2.75) is 38.5 Å². The largest absolute Gasteiger partial charge is 0.342 e. The van der Waals surface area contributed by atoms with Crippen molar-refractivity contribution in [2.75, 3.05) is 0 Å². The first kappa shape index (κ1) is 9.88. The highest BCUT2D eigenvalue weighted by Crippen LogP contribution is 2.34. The molecular weight excluding hydrogens is 196 g/mol. The van der Waals surface area contributed by atoms with E-state index in [0.717, 1.165) is 11.4 Å². The number of aromatic nitrogens is 2. The summed E-state index contributed by atoms with van der Waals surface area (Å²) in [6.07, 6.45) is 5.28. The second-order valence-electron chi connectivity index (χ2n) is 5.10. The minimum Gasteiger partial charge on any atom is -0.342 e. The Morgan fingerprint density at radius 3 is 2.62 bits per heavy atom. The van der Waals surface area contributed by atoms with E-state index in [-0.39, 0.29) is 0 Å². The molecule has 16 heavy (non-hydrogen) atoms. The summed E-state index contributed by atoms with van der Waals surface area (Å²) in [5.74, 6) is 2.76. The monoisotopic (exact) mass is 214 g/mol. The van der Waals surface area contributed by atoms with Gasteiger partial charge in [0.05, 0.1) is 11.0 Å². The Balaban J connectivity index is 1.88. The average molecular weight is 214 g/mol. The van der Waals surface area contributed by atoms with E-state index in [1.165, 1.54) is 37.0 Å². The van der Waals surface area contributed by atoms with Crippen molar-refractivity contribution in [1.29, 1.82) is 0 Å². The van der Waals surface area contributed by atoms with Crippen LogP contribution in [0.15, 0.2) is 24.3 Å². The molecule has 1 aliphatic rings. The van der Waals surface area contributed by atoms with Crippen molar-refractivity contribution < 1.29 is 0 Å². The van der Waals surface area contributed by atoms with Crippen molar-refractivity contribution in [3.05, 3.63) is 30.1 Å². The average Bonchev–Trinajstić information content (AvgIpc) is 2.73. The van der Waals surface area contributed by atoms with Crippen molar-refractivity contribution in [3.8, 4) is 0 Å². The van der Waals surface area contributed by atoms with Gasteiger partial charge in [0.15, 0.2) is 0 Å². The third-order valence-electron chi connectivity index (χ3n) is 3.81. The minimum absolute atomic E-state index is 0.656. The van der Waals surface area contributed by atoms with Crippen LogP contribution in [-0.2, 0) is 0 Å². The molecule has 0 amide bonds. The zero-order chi connectivity index (χ0) is 11.0. The number of hydrogen-bond donors (Lipinski definition) is 1. The number of hydrogen-bond acceptors (Lipinski definition) is 1. The number of aromatic amines is 1. The maximum atomic E-state index is 4.71. The lowest BCUT2D eigenvalue weighted by molar-refractivity contribution is 0.341. The van der Waals surface area contributed by atoms with E-state index in [2.05, 4.69) is 36.2 Å². The summed E-state index contributed by atoms with van der Waals surface area (Å²) < 4.78 is 0. The predicted molar refractivity (Wildman–Crippen MR) is 66.5 cm³/mol. The van der Waals surface area contributed by atoms with Crippen molar-refractivity contribution in [2.24, 2.45) is 5.92 Å². The molecule has 2 aromatic rings. The van der Waals surface area contributed by atoms with Gasteiger partial charge in [0.1, 0.15) is 5.82 Å². The second kappa shape index (κ2) is 3.93. The Morgan fingerprint density at radius 2 is 1.88 bits per heavy atom. The van der Waals surface area contributed by atoms with Crippen molar-refractivity contribution in [3.63, 3.8) is 0 Å². The lowest BCUT2D eigenvalue weighted by Gasteiger charge is -2.24. The number of para-hydroxylation sites is 2. The van der Waals surface area contributed by atoms with Crippen LogP contribution >= 0.6 is 0 Å². The van der Waals surface area contributed by atoms with Crippen LogP contribution in [0, 0.1) is 5.92 Å². The Morgan fingerprint density at radius 1 is 1.12 bits per heavy atom. The fourth-order valence-electron chi connectivity index (χ4n) is 2.70. The molecule has 0 radical (unpaired) electrons. The Kier molecular flexibility index (Phi) is 2.43. The zero-order valence-electron chi connectivity index (χ0n) is 9.74. The Hall–Kier alpha value is -1.31. The lowest BCUT2D eigenvalue weighted by atomic mass is 9.83. The number of benzene rings is 1. The summed E-state index contributed by atoms with van der Waals surface area (Å²) in [6, 6.07) is 8.31. The summed E-state index contributed by atoms with van der Waals surface area (Å²) in [7, 11) is 0. The number of nitrogens with zero attached hydrogens (tertiary/aromatic N) is 1. The van der Waals surface area contributed by atoms with Crippen LogP contribution in [0.2, 0.25) is 0 Å². The molecule has 1 fully saturated rings. The summed E-state index contributed by atoms with van der Waals surface area (Å²) in [6.45, 7) is 2.36. The van der Waals surface area contributed by atoms with Gasteiger partial charge in [0.2, 0.25) is 0 Å². The molecule has 1 aromatic carbocycles. The van der Waals surface area contributed by atoms with E-state index in [9.17, 15) is 0 Å². The summed E-state index contributed by atoms with van der Waals surface area (Å²) >= 11 is 0. The molecule has 1 aliphatic carbocycles. The highest BCUT2D eigenvalue weighted by molar-refractivity contribution is 5.74. The van der Waals surface area contributed by atoms with E-state index in [4.69, 9.17) is 4.98 Å². The van der Waals surface area contributed by atoms with Gasteiger partial charge in [-0.15, -0.1) is 0 Å². The number of imidazole rings is 1. The fraction of sp³-hybridized carbons (Fsp3) is 0.500. The lowest BCUT2D eigenvalue weighted by Crippen LogP contribution is -2.11. The molecule has 2 nitrogen and oxygen atoms in total. The van der Waals surface area contributed by atoms with Gasteiger partial charge in [-0.3, -0.25) is 0 Å². The van der Waals surface area contributed by atoms with E-state index < -0.39 is 0 Å². The van der Waals surface area contributed by atoms with Gasteiger partial charge < -0.3 is 4.98 Å². The molecule has 1 aromatic heterocycles. The molecule has 0 bridgehead atoms. The van der Waals surface area contributed by atoms with Crippen LogP contribution in [0.4, 0.5) is 0 Å². The molecule has 1 N–H and O–H groups in total. The van der Waals surface area contributed by atoms with Crippen LogP contribution in [0.5, 0.6) is 0 Å². The van der Waals surface area contributed by atoms with E-state index in [1.54, 1.807) is 0 Å². The molecule has 2 heteroatoms. The molecule has 0 spiro atoms. The molecule has 0 unspecified atom stereocenters. The van der Waals surface area contributed by atoms with Crippen LogP contribution in [0.1, 0.15) is 44.3 Å². The smallest absolute Gasteiger partial charge is 0.110 e. The highest BCUT2D eigenvalue weighted by atomic mass is 14.9. The summed E-state index contributed by atoms with van der Waals surface area (Å²) in [5.41, 5.74) is 2.28. The second-order valence-corrected chi connectivity index (χ2v) is 5.10. The third kappa shape index (κ3) is 1.73. The van der Waals surface area contributed by atoms with Gasteiger partial charge >= 0.3 is 0 Å². The van der Waals surface area contributed by atoms with Crippen LogP contribution < -0.4 is 0 Å². The van der Waals surface area contributed by atoms with E-state index in [0.29, 0.717) is 5.92 Å². The molecule has 0 atom stereocenters. The minimum atomic E-state index is 0.656. The molecule has 0 aliphatic heterocycles. The standard InChI is InChI=1S/C14H18N2/c1-10-6-8-11(9-7-10)14-15-12-4-2-3-5-13(12)16-14/h2-5,10-11H,6-9H2,1H3,(H,15,16). The Labute approximate surface area is 96.1 Å². The SMILES string of the molecule is CC1CCC(c2nc3ccccc3[nH]2)CC1. The van der Waals surface area contributed by atoms with Crippen molar-refractivity contribution in [1.82, 2.24) is 9.97 Å². The van der Waals surface area contributed by atoms with Gasteiger partial charge in [-0.1, -0.05) is 31.9 Å². The number of nitrogens with one attached hydrogen (secondary N) is 1. The van der Waals surface area contributed by atoms with Gasteiger partial charge in [0, 0.05) is 5.92 Å². The van der Waals surface area contributed by atoms with Crippen LogP contribution in [0.25, 0.3) is 11.0 Å². The topological polar surface area (TPSA) is 28.7 Å². The van der Waals surface area contributed by atoms with Crippen LogP contribution in [0.3, 0.4) is 0 Å². The first-order valence-electron chi connectivity index (χ1n) is 6.27. The maximum Gasteiger partial charge on any atom is 0.110 e. The van der Waals surface area contributed by atoms with E-state index >= 15 is 0 Å². The quantitative estimate of drug-likeness (QED) is 0.767. The molecule has 1 heterocycles. The Bertz CT molecular complexity index is 445. The molecule has 3 rings (SSSR count). The van der Waals surface area contributed by atoms with Crippen molar-refractivity contribution >= 4 is 11.0 Å². The third-order valence-corrected chi connectivity index (χ3v) is 3.81. The number of H-pyrrole nitrogens is 1. The number of fused-ring (bicyclic) bond motifs is 1. The molecule has 1 saturated carbocycles. The first-order chi connectivity index (χ1) is 7.83. The normalized spacial score (nSPS) is 26.1. The first-order valence-corrected chi connectivity index (χ1v) is 6.27. The summed E-state index contributed by atoms with van der Waals surface area (Å²) in [5, 5.41) is 0. The maximum absolute atomic E-state index is 4.71. The van der Waals surface area contributed by atoms with Gasteiger partial charge in [-0.05, 0) is 30.9 Å². The van der Waals surface area contributed by atoms with Gasteiger partial charge in [-0.25, -0.2) is 4.98 Å².